The van der Waals surface area contributed by atoms with Crippen molar-refractivity contribution in [2.75, 3.05) is 26.2 Å². The first-order chi connectivity index (χ1) is 13.1. The zero-order valence-electron chi connectivity index (χ0n) is 15.4. The predicted molar refractivity (Wildman–Crippen MR) is 97.9 cm³/mol. The molecule has 144 valence electrons. The summed E-state index contributed by atoms with van der Waals surface area (Å²) >= 11 is 0. The third-order valence-corrected chi connectivity index (χ3v) is 5.85. The van der Waals surface area contributed by atoms with Gasteiger partial charge in [0.1, 0.15) is 11.6 Å². The zero-order valence-corrected chi connectivity index (χ0v) is 15.4. The van der Waals surface area contributed by atoms with Crippen molar-refractivity contribution in [1.82, 2.24) is 15.1 Å². The second-order valence-electron chi connectivity index (χ2n) is 7.53. The van der Waals surface area contributed by atoms with Crippen LogP contribution in [0.15, 0.2) is 30.3 Å². The smallest absolute Gasteiger partial charge is 0.325 e. The molecule has 0 aliphatic carbocycles. The summed E-state index contributed by atoms with van der Waals surface area (Å²) in [4.78, 5) is 40.9. The summed E-state index contributed by atoms with van der Waals surface area (Å²) < 4.78 is 5.48. The fourth-order valence-electron chi connectivity index (χ4n) is 4.19. The number of amides is 4. The van der Waals surface area contributed by atoms with Gasteiger partial charge in [-0.3, -0.25) is 14.5 Å². The van der Waals surface area contributed by atoms with Gasteiger partial charge in [0, 0.05) is 26.2 Å². The maximum atomic E-state index is 13.0. The lowest BCUT2D eigenvalue weighted by Gasteiger charge is -2.38. The third kappa shape index (κ3) is 3.43. The summed E-state index contributed by atoms with van der Waals surface area (Å²) in [6.07, 6.45) is 2.90. The SMILES string of the molecule is O=C([C@H]1CCCO1)N1CCC2(CC1)NC(=O)N(CCc1ccccc1)C2=O. The second kappa shape index (κ2) is 7.31. The van der Waals surface area contributed by atoms with Crippen LogP contribution in [0, 0.1) is 0 Å². The van der Waals surface area contributed by atoms with Crippen LogP contribution in [-0.4, -0.2) is 65.5 Å². The van der Waals surface area contributed by atoms with E-state index in [2.05, 4.69) is 5.32 Å². The van der Waals surface area contributed by atoms with Gasteiger partial charge in [0.25, 0.3) is 11.8 Å². The molecule has 27 heavy (non-hydrogen) atoms. The van der Waals surface area contributed by atoms with Crippen molar-refractivity contribution in [2.45, 2.75) is 43.7 Å². The van der Waals surface area contributed by atoms with Gasteiger partial charge in [0.15, 0.2) is 0 Å². The largest absolute Gasteiger partial charge is 0.368 e. The van der Waals surface area contributed by atoms with E-state index in [1.165, 1.54) is 4.90 Å². The summed E-state index contributed by atoms with van der Waals surface area (Å²) in [6.45, 7) is 1.95. The lowest BCUT2D eigenvalue weighted by Crippen LogP contribution is -2.57. The highest BCUT2D eigenvalue weighted by atomic mass is 16.5. The van der Waals surface area contributed by atoms with E-state index in [0.717, 1.165) is 18.4 Å². The quantitative estimate of drug-likeness (QED) is 0.810. The van der Waals surface area contributed by atoms with Crippen LogP contribution in [-0.2, 0) is 20.7 Å². The number of likely N-dealkylation sites (tertiary alicyclic amines) is 1. The van der Waals surface area contributed by atoms with Crippen LogP contribution >= 0.6 is 0 Å². The Kier molecular flexibility index (Phi) is 4.86. The first-order valence-corrected chi connectivity index (χ1v) is 9.67. The van der Waals surface area contributed by atoms with E-state index in [9.17, 15) is 14.4 Å². The Morgan fingerprint density at radius 2 is 1.93 bits per heavy atom. The minimum absolute atomic E-state index is 0.0139. The zero-order chi connectivity index (χ0) is 18.9. The average molecular weight is 371 g/mol. The highest BCUT2D eigenvalue weighted by Crippen LogP contribution is 2.30. The Hall–Kier alpha value is -2.41. The lowest BCUT2D eigenvalue weighted by atomic mass is 9.87. The van der Waals surface area contributed by atoms with Gasteiger partial charge in [-0.2, -0.15) is 0 Å². The molecular formula is C20H25N3O4. The van der Waals surface area contributed by atoms with E-state index in [4.69, 9.17) is 4.74 Å². The monoisotopic (exact) mass is 371 g/mol. The van der Waals surface area contributed by atoms with E-state index < -0.39 is 5.54 Å². The van der Waals surface area contributed by atoms with Crippen molar-refractivity contribution < 1.29 is 19.1 Å². The van der Waals surface area contributed by atoms with Crippen LogP contribution < -0.4 is 5.32 Å². The van der Waals surface area contributed by atoms with Gasteiger partial charge in [-0.1, -0.05) is 30.3 Å². The Morgan fingerprint density at radius 1 is 1.19 bits per heavy atom. The molecule has 0 unspecified atom stereocenters. The molecule has 7 heteroatoms. The molecule has 1 atom stereocenters. The van der Waals surface area contributed by atoms with Crippen molar-refractivity contribution in [3.05, 3.63) is 35.9 Å². The number of imide groups is 1. The van der Waals surface area contributed by atoms with Gasteiger partial charge in [-0.15, -0.1) is 0 Å². The fourth-order valence-corrected chi connectivity index (χ4v) is 4.19. The van der Waals surface area contributed by atoms with Crippen LogP contribution in [0.5, 0.6) is 0 Å². The summed E-state index contributed by atoms with van der Waals surface area (Å²) in [5, 5.41) is 2.90. The molecule has 7 nitrogen and oxygen atoms in total. The number of carbonyl (C=O) groups excluding carboxylic acids is 3. The summed E-state index contributed by atoms with van der Waals surface area (Å²) in [6, 6.07) is 9.49. The molecule has 4 amide bonds. The summed E-state index contributed by atoms with van der Waals surface area (Å²) in [5.74, 6) is -0.146. The molecule has 0 radical (unpaired) electrons. The molecule has 0 aromatic heterocycles. The summed E-state index contributed by atoms with van der Waals surface area (Å²) in [7, 11) is 0. The molecule has 1 aromatic carbocycles. The number of piperidine rings is 1. The molecule has 3 aliphatic heterocycles. The number of hydrogen-bond donors (Lipinski definition) is 1. The Bertz CT molecular complexity index is 722. The van der Waals surface area contributed by atoms with Crippen LogP contribution in [0.1, 0.15) is 31.2 Å². The number of hydrogen-bond acceptors (Lipinski definition) is 4. The fraction of sp³-hybridized carbons (Fsp3) is 0.550. The number of nitrogens with zero attached hydrogens (tertiary/aromatic N) is 2. The molecule has 3 aliphatic rings. The second-order valence-corrected chi connectivity index (χ2v) is 7.53. The van der Waals surface area contributed by atoms with Crippen molar-refractivity contribution in [3.8, 4) is 0 Å². The van der Waals surface area contributed by atoms with Crippen LogP contribution in [0.3, 0.4) is 0 Å². The predicted octanol–water partition coefficient (Wildman–Crippen LogP) is 1.32. The van der Waals surface area contributed by atoms with E-state index in [0.29, 0.717) is 45.5 Å². The van der Waals surface area contributed by atoms with E-state index >= 15 is 0 Å². The number of nitrogens with one attached hydrogen (secondary N) is 1. The molecule has 0 bridgehead atoms. The first kappa shape index (κ1) is 18.0. The number of carbonyl (C=O) groups is 3. The van der Waals surface area contributed by atoms with Crippen molar-refractivity contribution in [1.29, 1.82) is 0 Å². The molecule has 1 aromatic rings. The van der Waals surface area contributed by atoms with Crippen molar-refractivity contribution in [2.24, 2.45) is 0 Å². The molecule has 0 saturated carbocycles. The maximum absolute atomic E-state index is 13.0. The molecule has 3 fully saturated rings. The Balaban J connectivity index is 1.36. The maximum Gasteiger partial charge on any atom is 0.325 e. The lowest BCUT2D eigenvalue weighted by molar-refractivity contribution is -0.145. The molecule has 1 spiro atoms. The standard InChI is InChI=1S/C20H25N3O4/c24-17(16-7-4-14-27-16)22-12-9-20(10-13-22)18(25)23(19(26)21-20)11-8-15-5-2-1-3-6-15/h1-3,5-6,16H,4,7-14H2,(H,21,26)/t16-/m1/s1. The topological polar surface area (TPSA) is 79.0 Å². The van der Waals surface area contributed by atoms with Crippen molar-refractivity contribution >= 4 is 17.8 Å². The molecule has 3 heterocycles. The number of ether oxygens (including phenoxy) is 1. The van der Waals surface area contributed by atoms with Gasteiger partial charge in [0.05, 0.1) is 0 Å². The number of rotatable bonds is 4. The van der Waals surface area contributed by atoms with Gasteiger partial charge in [-0.25, -0.2) is 4.79 Å². The van der Waals surface area contributed by atoms with Gasteiger partial charge in [-0.05, 0) is 37.7 Å². The summed E-state index contributed by atoms with van der Waals surface area (Å²) in [5.41, 5.74) is 0.234. The Morgan fingerprint density at radius 3 is 2.59 bits per heavy atom. The molecular weight excluding hydrogens is 346 g/mol. The number of benzene rings is 1. The first-order valence-electron chi connectivity index (χ1n) is 9.67. The van der Waals surface area contributed by atoms with Crippen LogP contribution in [0.4, 0.5) is 4.79 Å². The molecule has 4 rings (SSSR count). The highest BCUT2D eigenvalue weighted by Gasteiger charge is 2.52. The van der Waals surface area contributed by atoms with Crippen molar-refractivity contribution in [3.63, 3.8) is 0 Å². The van der Waals surface area contributed by atoms with E-state index in [1.54, 1.807) is 4.90 Å². The molecule has 1 N–H and O–H groups in total. The normalized spacial score (nSPS) is 24.5. The molecule has 3 saturated heterocycles. The Labute approximate surface area is 158 Å². The van der Waals surface area contributed by atoms with Gasteiger partial charge in [0.2, 0.25) is 0 Å². The average Bonchev–Trinajstić information content (AvgIpc) is 3.30. The van der Waals surface area contributed by atoms with Crippen LogP contribution in [0.2, 0.25) is 0 Å². The van der Waals surface area contributed by atoms with E-state index in [1.807, 2.05) is 30.3 Å². The van der Waals surface area contributed by atoms with E-state index in [-0.39, 0.29) is 23.9 Å². The number of urea groups is 1. The van der Waals surface area contributed by atoms with Gasteiger partial charge < -0.3 is 15.0 Å². The van der Waals surface area contributed by atoms with Gasteiger partial charge >= 0.3 is 6.03 Å². The highest BCUT2D eigenvalue weighted by molar-refractivity contribution is 6.07. The third-order valence-electron chi connectivity index (χ3n) is 5.85. The minimum atomic E-state index is -0.860. The van der Waals surface area contributed by atoms with Crippen LogP contribution in [0.25, 0.3) is 0 Å². The minimum Gasteiger partial charge on any atom is -0.368 e.